The molecule has 1 N–H and O–H groups in total. The summed E-state index contributed by atoms with van der Waals surface area (Å²) < 4.78 is 0. The Morgan fingerprint density at radius 2 is 2.18 bits per heavy atom. The van der Waals surface area contributed by atoms with Crippen molar-refractivity contribution < 1.29 is 9.59 Å². The second-order valence-electron chi connectivity index (χ2n) is 4.47. The van der Waals surface area contributed by atoms with Crippen LogP contribution in [-0.2, 0) is 4.79 Å². The number of aliphatic imine (C=N–C) groups is 1. The van der Waals surface area contributed by atoms with Crippen LogP contribution in [0, 0.1) is 0 Å². The first-order valence-corrected chi connectivity index (χ1v) is 6.02. The summed E-state index contributed by atoms with van der Waals surface area (Å²) in [5.74, 6) is -0.243. The SMILES string of the molecule is CCCCCN1C=NC2C1C(=O)NC(=O)N2C. The van der Waals surface area contributed by atoms with Gasteiger partial charge in [0.2, 0.25) is 0 Å². The highest BCUT2D eigenvalue weighted by molar-refractivity contribution is 6.01. The van der Waals surface area contributed by atoms with Gasteiger partial charge in [-0.3, -0.25) is 10.1 Å². The van der Waals surface area contributed by atoms with Crippen LogP contribution in [0.3, 0.4) is 0 Å². The van der Waals surface area contributed by atoms with E-state index in [-0.39, 0.29) is 24.1 Å². The molecule has 0 saturated carbocycles. The molecular formula is C11H18N4O2. The third kappa shape index (κ3) is 2.11. The maximum Gasteiger partial charge on any atom is 0.325 e. The number of amides is 3. The molecule has 1 fully saturated rings. The molecule has 0 bridgehead atoms. The molecule has 0 radical (unpaired) electrons. The fourth-order valence-corrected chi connectivity index (χ4v) is 2.21. The molecule has 0 aromatic carbocycles. The second kappa shape index (κ2) is 4.73. The monoisotopic (exact) mass is 238 g/mol. The fraction of sp³-hybridized carbons (Fsp3) is 0.727. The largest absolute Gasteiger partial charge is 0.347 e. The maximum atomic E-state index is 11.8. The molecule has 17 heavy (non-hydrogen) atoms. The number of fused-ring (bicyclic) bond motifs is 1. The van der Waals surface area contributed by atoms with E-state index in [1.807, 2.05) is 4.90 Å². The van der Waals surface area contributed by atoms with Crippen molar-refractivity contribution in [3.8, 4) is 0 Å². The number of urea groups is 1. The van der Waals surface area contributed by atoms with E-state index in [0.29, 0.717) is 0 Å². The first kappa shape index (κ1) is 11.9. The van der Waals surface area contributed by atoms with Crippen molar-refractivity contribution in [3.63, 3.8) is 0 Å². The minimum Gasteiger partial charge on any atom is -0.347 e. The Morgan fingerprint density at radius 1 is 1.41 bits per heavy atom. The lowest BCUT2D eigenvalue weighted by molar-refractivity contribution is -0.127. The summed E-state index contributed by atoms with van der Waals surface area (Å²) in [5, 5.41) is 2.35. The van der Waals surface area contributed by atoms with Crippen molar-refractivity contribution in [2.45, 2.75) is 38.4 Å². The molecule has 6 nitrogen and oxygen atoms in total. The second-order valence-corrected chi connectivity index (χ2v) is 4.47. The number of hydrogen-bond donors (Lipinski definition) is 1. The highest BCUT2D eigenvalue weighted by Crippen LogP contribution is 2.20. The molecule has 0 spiro atoms. The fourth-order valence-electron chi connectivity index (χ4n) is 2.21. The third-order valence-electron chi connectivity index (χ3n) is 3.24. The molecule has 6 heteroatoms. The van der Waals surface area contributed by atoms with Gasteiger partial charge < -0.3 is 9.80 Å². The quantitative estimate of drug-likeness (QED) is 0.721. The highest BCUT2D eigenvalue weighted by atomic mass is 16.2. The van der Waals surface area contributed by atoms with Crippen LogP contribution in [0.4, 0.5) is 4.79 Å². The van der Waals surface area contributed by atoms with Crippen LogP contribution in [0.2, 0.25) is 0 Å². The Kier molecular flexibility index (Phi) is 3.31. The number of unbranched alkanes of at least 4 members (excludes halogenated alkanes) is 2. The number of imide groups is 1. The van der Waals surface area contributed by atoms with Crippen molar-refractivity contribution in [2.75, 3.05) is 13.6 Å². The number of hydrogen-bond acceptors (Lipinski definition) is 4. The van der Waals surface area contributed by atoms with E-state index in [1.54, 1.807) is 13.4 Å². The number of carbonyl (C=O) groups excluding carboxylic acids is 2. The van der Waals surface area contributed by atoms with Crippen molar-refractivity contribution >= 4 is 18.3 Å². The number of rotatable bonds is 4. The van der Waals surface area contributed by atoms with Gasteiger partial charge in [-0.2, -0.15) is 0 Å². The lowest BCUT2D eigenvalue weighted by Crippen LogP contribution is -2.63. The smallest absolute Gasteiger partial charge is 0.325 e. The van der Waals surface area contributed by atoms with E-state index in [0.717, 1.165) is 25.8 Å². The van der Waals surface area contributed by atoms with Crippen LogP contribution in [0.15, 0.2) is 4.99 Å². The predicted molar refractivity (Wildman–Crippen MR) is 63.6 cm³/mol. The molecule has 1 saturated heterocycles. The van der Waals surface area contributed by atoms with Crippen molar-refractivity contribution in [2.24, 2.45) is 4.99 Å². The average Bonchev–Trinajstić information content (AvgIpc) is 2.71. The molecule has 94 valence electrons. The van der Waals surface area contributed by atoms with Crippen LogP contribution in [0.25, 0.3) is 0 Å². The van der Waals surface area contributed by atoms with Gasteiger partial charge in [-0.1, -0.05) is 19.8 Å². The van der Waals surface area contributed by atoms with Crippen LogP contribution in [-0.4, -0.2) is 53.9 Å². The van der Waals surface area contributed by atoms with Crippen LogP contribution in [0.5, 0.6) is 0 Å². The molecule has 2 heterocycles. The minimum atomic E-state index is -0.371. The maximum absolute atomic E-state index is 11.8. The summed E-state index contributed by atoms with van der Waals surface area (Å²) in [5.41, 5.74) is 0. The van der Waals surface area contributed by atoms with Crippen molar-refractivity contribution in [1.29, 1.82) is 0 Å². The van der Waals surface area contributed by atoms with Gasteiger partial charge >= 0.3 is 6.03 Å². The normalized spacial score (nSPS) is 27.4. The van der Waals surface area contributed by atoms with Crippen molar-refractivity contribution in [3.05, 3.63) is 0 Å². The zero-order chi connectivity index (χ0) is 12.4. The lowest BCUT2D eigenvalue weighted by atomic mass is 10.1. The van der Waals surface area contributed by atoms with Gasteiger partial charge in [0.15, 0.2) is 12.2 Å². The van der Waals surface area contributed by atoms with E-state index in [2.05, 4.69) is 17.2 Å². The summed E-state index contributed by atoms with van der Waals surface area (Å²) in [4.78, 5) is 30.9. The van der Waals surface area contributed by atoms with Crippen LogP contribution < -0.4 is 5.32 Å². The molecule has 0 aromatic rings. The Labute approximate surface area is 101 Å². The average molecular weight is 238 g/mol. The topological polar surface area (TPSA) is 65.0 Å². The Hall–Kier alpha value is -1.59. The number of nitrogens with zero attached hydrogens (tertiary/aromatic N) is 3. The Bertz CT molecular complexity index is 355. The van der Waals surface area contributed by atoms with Gasteiger partial charge in [0.05, 0.1) is 6.34 Å². The predicted octanol–water partition coefficient (Wildman–Crippen LogP) is 0.397. The summed E-state index contributed by atoms with van der Waals surface area (Å²) in [7, 11) is 1.66. The summed E-state index contributed by atoms with van der Waals surface area (Å²) in [6, 6.07) is -0.724. The minimum absolute atomic E-state index is 0.243. The number of carbonyl (C=O) groups is 2. The standard InChI is InChI=1S/C11H18N4O2/c1-3-4-5-6-15-7-12-9-8(15)10(16)13-11(17)14(9)2/h7-9H,3-6H2,1-2H3,(H,13,16,17). The van der Waals surface area contributed by atoms with E-state index in [4.69, 9.17) is 0 Å². The van der Waals surface area contributed by atoms with Gasteiger partial charge in [-0.25, -0.2) is 9.79 Å². The lowest BCUT2D eigenvalue weighted by Gasteiger charge is -2.35. The molecule has 2 aliphatic heterocycles. The molecule has 3 amide bonds. The molecule has 2 aliphatic rings. The van der Waals surface area contributed by atoms with Gasteiger partial charge in [0.1, 0.15) is 0 Å². The molecule has 2 rings (SSSR count). The van der Waals surface area contributed by atoms with E-state index in [9.17, 15) is 9.59 Å². The van der Waals surface area contributed by atoms with Gasteiger partial charge in [-0.15, -0.1) is 0 Å². The van der Waals surface area contributed by atoms with E-state index in [1.165, 1.54) is 4.90 Å². The Morgan fingerprint density at radius 3 is 2.88 bits per heavy atom. The van der Waals surface area contributed by atoms with E-state index < -0.39 is 0 Å². The Balaban J connectivity index is 2.02. The summed E-state index contributed by atoms with van der Waals surface area (Å²) in [6.07, 6.45) is 4.65. The molecule has 2 unspecified atom stereocenters. The van der Waals surface area contributed by atoms with Gasteiger partial charge in [0.25, 0.3) is 5.91 Å². The molecular weight excluding hydrogens is 220 g/mol. The molecule has 2 atom stereocenters. The molecule has 0 aromatic heterocycles. The molecule has 0 aliphatic carbocycles. The number of nitrogens with one attached hydrogen (secondary N) is 1. The zero-order valence-electron chi connectivity index (χ0n) is 10.2. The van der Waals surface area contributed by atoms with Gasteiger partial charge in [0, 0.05) is 13.6 Å². The van der Waals surface area contributed by atoms with Crippen LogP contribution >= 0.6 is 0 Å². The zero-order valence-corrected chi connectivity index (χ0v) is 10.2. The third-order valence-corrected chi connectivity index (χ3v) is 3.24. The van der Waals surface area contributed by atoms with E-state index >= 15 is 0 Å². The van der Waals surface area contributed by atoms with Crippen molar-refractivity contribution in [1.82, 2.24) is 15.1 Å². The van der Waals surface area contributed by atoms with Crippen LogP contribution in [0.1, 0.15) is 26.2 Å². The first-order chi connectivity index (χ1) is 8.15. The number of likely N-dealkylation sites (N-methyl/N-ethyl adjacent to an activating group) is 1. The highest BCUT2D eigenvalue weighted by Gasteiger charge is 2.44. The first-order valence-electron chi connectivity index (χ1n) is 6.02. The van der Waals surface area contributed by atoms with Gasteiger partial charge in [-0.05, 0) is 6.42 Å². The summed E-state index contributed by atoms with van der Waals surface area (Å²) in [6.45, 7) is 2.95. The summed E-state index contributed by atoms with van der Waals surface area (Å²) >= 11 is 0.